The number of cyclic esters (lactones) is 1. The van der Waals surface area contributed by atoms with Crippen molar-refractivity contribution in [1.29, 1.82) is 0 Å². The Kier molecular flexibility index (Phi) is 3.42. The third-order valence-electron chi connectivity index (χ3n) is 2.57. The van der Waals surface area contributed by atoms with Gasteiger partial charge in [0, 0.05) is 5.69 Å². The molecule has 0 radical (unpaired) electrons. The van der Waals surface area contributed by atoms with E-state index in [-0.39, 0.29) is 5.75 Å². The summed E-state index contributed by atoms with van der Waals surface area (Å²) in [6, 6.07) is 6.67. The fourth-order valence-electron chi connectivity index (χ4n) is 1.62. The average molecular weight is 270 g/mol. The van der Waals surface area contributed by atoms with Crippen LogP contribution >= 0.6 is 0 Å². The molecule has 0 saturated carbocycles. The van der Waals surface area contributed by atoms with Gasteiger partial charge in [0.15, 0.2) is 0 Å². The van der Waals surface area contributed by atoms with Crippen LogP contribution in [-0.4, -0.2) is 33.4 Å². The number of nitrogens with one attached hydrogen (secondary N) is 1. The molecule has 1 aliphatic rings. The van der Waals surface area contributed by atoms with Crippen LogP contribution in [0.2, 0.25) is 0 Å². The van der Waals surface area contributed by atoms with E-state index in [0.717, 1.165) is 0 Å². The van der Waals surface area contributed by atoms with Crippen LogP contribution in [0.25, 0.3) is 0 Å². The number of anilines is 2. The van der Waals surface area contributed by atoms with Crippen molar-refractivity contribution in [3.63, 3.8) is 0 Å². The minimum absolute atomic E-state index is 0.00296. The second-order valence-electron chi connectivity index (χ2n) is 3.82. The second kappa shape index (κ2) is 4.85. The van der Waals surface area contributed by atoms with Gasteiger partial charge >= 0.3 is 6.09 Å². The quantitative estimate of drug-likeness (QED) is 0.897. The SMILES string of the molecule is CCS(=O)(=O)Nc1cccc(N2CCOC2=O)c1. The molecule has 0 unspecified atom stereocenters. The van der Waals surface area contributed by atoms with Gasteiger partial charge in [-0.05, 0) is 25.1 Å². The highest BCUT2D eigenvalue weighted by molar-refractivity contribution is 7.92. The highest BCUT2D eigenvalue weighted by atomic mass is 32.2. The Morgan fingerprint density at radius 1 is 1.44 bits per heavy atom. The first-order valence-corrected chi connectivity index (χ1v) is 7.22. The molecule has 1 fully saturated rings. The van der Waals surface area contributed by atoms with Gasteiger partial charge in [0.05, 0.1) is 18.0 Å². The summed E-state index contributed by atoms with van der Waals surface area (Å²) < 4.78 is 30.2. The van der Waals surface area contributed by atoms with E-state index in [1.807, 2.05) is 0 Å². The summed E-state index contributed by atoms with van der Waals surface area (Å²) in [7, 11) is -3.31. The van der Waals surface area contributed by atoms with Crippen LogP contribution in [0.1, 0.15) is 6.92 Å². The van der Waals surface area contributed by atoms with E-state index < -0.39 is 16.1 Å². The minimum Gasteiger partial charge on any atom is -0.447 e. The van der Waals surface area contributed by atoms with Crippen LogP contribution in [0.4, 0.5) is 16.2 Å². The Hall–Kier alpha value is -1.76. The molecule has 1 aromatic carbocycles. The maximum absolute atomic E-state index is 11.4. The summed E-state index contributed by atoms with van der Waals surface area (Å²) in [6.07, 6.45) is -0.412. The van der Waals surface area contributed by atoms with Gasteiger partial charge in [0.1, 0.15) is 6.61 Å². The van der Waals surface area contributed by atoms with E-state index in [4.69, 9.17) is 4.74 Å². The molecule has 0 atom stereocenters. The molecule has 6 nitrogen and oxygen atoms in total. The number of nitrogens with zero attached hydrogens (tertiary/aromatic N) is 1. The van der Waals surface area contributed by atoms with Gasteiger partial charge in [-0.3, -0.25) is 9.62 Å². The number of carbonyl (C=O) groups is 1. The van der Waals surface area contributed by atoms with E-state index in [1.165, 1.54) is 4.90 Å². The number of amides is 1. The summed E-state index contributed by atoms with van der Waals surface area (Å²) in [5, 5.41) is 0. The lowest BCUT2D eigenvalue weighted by Crippen LogP contribution is -2.23. The predicted molar refractivity (Wildman–Crippen MR) is 68.2 cm³/mol. The van der Waals surface area contributed by atoms with Crippen LogP contribution in [0.5, 0.6) is 0 Å². The Morgan fingerprint density at radius 2 is 2.22 bits per heavy atom. The molecule has 0 aromatic heterocycles. The van der Waals surface area contributed by atoms with Gasteiger partial charge in [-0.15, -0.1) is 0 Å². The first kappa shape index (κ1) is 12.7. The normalized spacial score (nSPS) is 15.6. The van der Waals surface area contributed by atoms with E-state index in [1.54, 1.807) is 31.2 Å². The molecule has 1 amide bonds. The number of ether oxygens (including phenoxy) is 1. The van der Waals surface area contributed by atoms with Gasteiger partial charge in [-0.25, -0.2) is 13.2 Å². The zero-order chi connectivity index (χ0) is 13.2. The largest absolute Gasteiger partial charge is 0.447 e. The molecule has 0 aliphatic carbocycles. The van der Waals surface area contributed by atoms with E-state index in [2.05, 4.69) is 4.72 Å². The van der Waals surface area contributed by atoms with Gasteiger partial charge in [-0.2, -0.15) is 0 Å². The van der Waals surface area contributed by atoms with Crippen LogP contribution in [0, 0.1) is 0 Å². The Bertz CT molecular complexity index is 556. The highest BCUT2D eigenvalue weighted by Crippen LogP contribution is 2.22. The second-order valence-corrected chi connectivity index (χ2v) is 5.83. The van der Waals surface area contributed by atoms with Crippen LogP contribution in [-0.2, 0) is 14.8 Å². The van der Waals surface area contributed by atoms with Crippen molar-refractivity contribution in [3.8, 4) is 0 Å². The molecular weight excluding hydrogens is 256 g/mol. The van der Waals surface area contributed by atoms with Gasteiger partial charge < -0.3 is 4.74 Å². The molecule has 1 heterocycles. The number of carbonyl (C=O) groups excluding carboxylic acids is 1. The predicted octanol–water partition coefficient (Wildman–Crippen LogP) is 1.40. The van der Waals surface area contributed by atoms with Crippen molar-refractivity contribution >= 4 is 27.5 Å². The summed E-state index contributed by atoms with van der Waals surface area (Å²) >= 11 is 0. The number of benzene rings is 1. The molecule has 0 bridgehead atoms. The number of sulfonamides is 1. The first-order chi connectivity index (χ1) is 8.52. The minimum atomic E-state index is -3.31. The molecule has 18 heavy (non-hydrogen) atoms. The summed E-state index contributed by atoms with van der Waals surface area (Å²) in [5.41, 5.74) is 1.06. The third-order valence-corrected chi connectivity index (χ3v) is 3.88. The smallest absolute Gasteiger partial charge is 0.414 e. The van der Waals surface area contributed by atoms with Gasteiger partial charge in [0.2, 0.25) is 10.0 Å². The summed E-state index contributed by atoms with van der Waals surface area (Å²) in [6.45, 7) is 2.39. The topological polar surface area (TPSA) is 75.7 Å². The maximum atomic E-state index is 11.4. The standard InChI is InChI=1S/C11H14N2O4S/c1-2-18(15,16)12-9-4-3-5-10(8-9)13-6-7-17-11(13)14/h3-5,8,12H,2,6-7H2,1H3. The van der Waals surface area contributed by atoms with Crippen LogP contribution < -0.4 is 9.62 Å². The zero-order valence-corrected chi connectivity index (χ0v) is 10.7. The van der Waals surface area contributed by atoms with Crippen LogP contribution in [0.15, 0.2) is 24.3 Å². The van der Waals surface area contributed by atoms with Crippen molar-refractivity contribution in [1.82, 2.24) is 0 Å². The van der Waals surface area contributed by atoms with E-state index in [0.29, 0.717) is 24.5 Å². The number of rotatable bonds is 4. The molecule has 98 valence electrons. The van der Waals surface area contributed by atoms with Gasteiger partial charge in [0.25, 0.3) is 0 Å². The summed E-state index contributed by atoms with van der Waals surface area (Å²) in [4.78, 5) is 12.9. The van der Waals surface area contributed by atoms with E-state index >= 15 is 0 Å². The average Bonchev–Trinajstić information content (AvgIpc) is 2.75. The fraction of sp³-hybridized carbons (Fsp3) is 0.364. The van der Waals surface area contributed by atoms with Crippen molar-refractivity contribution < 1.29 is 17.9 Å². The molecule has 7 heteroatoms. The van der Waals surface area contributed by atoms with Gasteiger partial charge in [-0.1, -0.05) is 6.07 Å². The first-order valence-electron chi connectivity index (χ1n) is 5.56. The monoisotopic (exact) mass is 270 g/mol. The lowest BCUT2D eigenvalue weighted by atomic mass is 10.2. The number of hydrogen-bond donors (Lipinski definition) is 1. The lowest BCUT2D eigenvalue weighted by Gasteiger charge is -2.14. The van der Waals surface area contributed by atoms with Crippen molar-refractivity contribution in [3.05, 3.63) is 24.3 Å². The van der Waals surface area contributed by atoms with Crippen molar-refractivity contribution in [2.45, 2.75) is 6.92 Å². The summed E-state index contributed by atoms with van der Waals surface area (Å²) in [5.74, 6) is 0.00296. The molecule has 1 aliphatic heterocycles. The van der Waals surface area contributed by atoms with E-state index in [9.17, 15) is 13.2 Å². The van der Waals surface area contributed by atoms with Crippen molar-refractivity contribution in [2.24, 2.45) is 0 Å². The Balaban J connectivity index is 2.22. The third kappa shape index (κ3) is 2.73. The fourth-order valence-corrected chi connectivity index (χ4v) is 2.25. The zero-order valence-electron chi connectivity index (χ0n) is 9.92. The van der Waals surface area contributed by atoms with Crippen molar-refractivity contribution in [2.75, 3.05) is 28.5 Å². The van der Waals surface area contributed by atoms with Crippen LogP contribution in [0.3, 0.4) is 0 Å². The molecule has 1 aromatic rings. The molecule has 2 rings (SSSR count). The molecular formula is C11H14N2O4S. The Labute approximate surface area is 106 Å². The highest BCUT2D eigenvalue weighted by Gasteiger charge is 2.23. The molecule has 1 N–H and O–H groups in total. The lowest BCUT2D eigenvalue weighted by molar-refractivity contribution is 0.181. The molecule has 0 spiro atoms. The maximum Gasteiger partial charge on any atom is 0.414 e. The molecule has 1 saturated heterocycles. The Morgan fingerprint density at radius 3 is 2.83 bits per heavy atom. The number of hydrogen-bond acceptors (Lipinski definition) is 4.